The van der Waals surface area contributed by atoms with E-state index in [0.29, 0.717) is 18.8 Å². The Hall–Kier alpha value is -1.79. The Morgan fingerprint density at radius 3 is 2.35 bits per heavy atom. The Labute approximate surface area is 138 Å². The summed E-state index contributed by atoms with van der Waals surface area (Å²) in [7, 11) is 6.27. The number of hydrogen-bond donors (Lipinski definition) is 0. The average molecular weight is 325 g/mol. The maximum Gasteiger partial charge on any atom is 0.227 e. The van der Waals surface area contributed by atoms with Gasteiger partial charge in [-0.15, -0.1) is 0 Å². The van der Waals surface area contributed by atoms with Crippen LogP contribution in [0.3, 0.4) is 0 Å². The van der Waals surface area contributed by atoms with Gasteiger partial charge >= 0.3 is 0 Å². The van der Waals surface area contributed by atoms with E-state index in [2.05, 4.69) is 0 Å². The molecule has 23 heavy (non-hydrogen) atoms. The number of hydrogen-bond acceptors (Lipinski definition) is 5. The van der Waals surface area contributed by atoms with E-state index in [1.165, 1.54) is 14.2 Å². The Bertz CT molecular complexity index is 488. The fraction of sp³-hybridized carbons (Fsp3) is 0.588. The zero-order chi connectivity index (χ0) is 17.2. The molecule has 1 aromatic rings. The molecule has 0 unspecified atom stereocenters. The van der Waals surface area contributed by atoms with E-state index < -0.39 is 6.29 Å². The Morgan fingerprint density at radius 2 is 1.83 bits per heavy atom. The van der Waals surface area contributed by atoms with Crippen LogP contribution < -0.4 is 9.47 Å². The number of benzene rings is 1. The molecule has 0 spiro atoms. The Morgan fingerprint density at radius 1 is 1.13 bits per heavy atom. The van der Waals surface area contributed by atoms with Crippen LogP contribution in [0.1, 0.15) is 25.3 Å². The summed E-state index contributed by atoms with van der Waals surface area (Å²) >= 11 is 0. The SMILES string of the molecule is CCCN(Cc1ccc(OC)cc1OC)C(=O)CC(OC)OC. The first-order valence-electron chi connectivity index (χ1n) is 7.63. The van der Waals surface area contributed by atoms with E-state index in [1.807, 2.05) is 25.1 Å². The predicted octanol–water partition coefficient (Wildman–Crippen LogP) is 2.45. The number of nitrogens with zero attached hydrogens (tertiary/aromatic N) is 1. The summed E-state index contributed by atoms with van der Waals surface area (Å²) in [6.45, 7) is 3.17. The largest absolute Gasteiger partial charge is 0.497 e. The molecule has 1 rings (SSSR count). The minimum absolute atomic E-state index is 0.0154. The van der Waals surface area contributed by atoms with E-state index in [-0.39, 0.29) is 12.3 Å². The van der Waals surface area contributed by atoms with Crippen LogP contribution in [0, 0.1) is 0 Å². The van der Waals surface area contributed by atoms with E-state index >= 15 is 0 Å². The number of carbonyl (C=O) groups excluding carboxylic acids is 1. The van der Waals surface area contributed by atoms with Crippen molar-refractivity contribution in [3.8, 4) is 11.5 Å². The molecular formula is C17H27NO5. The van der Waals surface area contributed by atoms with Gasteiger partial charge in [0.25, 0.3) is 0 Å². The molecule has 0 radical (unpaired) electrons. The molecule has 130 valence electrons. The van der Waals surface area contributed by atoms with Crippen molar-refractivity contribution >= 4 is 5.91 Å². The fourth-order valence-corrected chi connectivity index (χ4v) is 2.28. The second kappa shape index (κ2) is 10.1. The van der Waals surface area contributed by atoms with Crippen molar-refractivity contribution in [2.75, 3.05) is 35.0 Å². The summed E-state index contributed by atoms with van der Waals surface area (Å²) in [5, 5.41) is 0. The van der Waals surface area contributed by atoms with Gasteiger partial charge in [0, 0.05) is 38.9 Å². The highest BCUT2D eigenvalue weighted by molar-refractivity contribution is 5.76. The standard InChI is InChI=1S/C17H27NO5/c1-6-9-18(16(19)11-17(22-4)23-5)12-13-7-8-14(20-2)10-15(13)21-3/h7-8,10,17H,6,9,11-12H2,1-5H3. The minimum Gasteiger partial charge on any atom is -0.497 e. The van der Waals surface area contributed by atoms with Gasteiger partial charge in [-0.2, -0.15) is 0 Å². The Balaban J connectivity index is 2.88. The van der Waals surface area contributed by atoms with E-state index in [9.17, 15) is 4.79 Å². The van der Waals surface area contributed by atoms with Gasteiger partial charge in [0.2, 0.25) is 5.91 Å². The molecule has 0 saturated carbocycles. The zero-order valence-electron chi connectivity index (χ0n) is 14.6. The van der Waals surface area contributed by atoms with E-state index in [1.54, 1.807) is 19.1 Å². The molecule has 0 N–H and O–H groups in total. The van der Waals surface area contributed by atoms with Crippen LogP contribution in [-0.4, -0.2) is 52.1 Å². The lowest BCUT2D eigenvalue weighted by molar-refractivity contribution is -0.148. The van der Waals surface area contributed by atoms with Crippen LogP contribution in [-0.2, 0) is 20.8 Å². The molecule has 1 aromatic carbocycles. The molecule has 0 saturated heterocycles. The highest BCUT2D eigenvalue weighted by Gasteiger charge is 2.20. The molecule has 0 fully saturated rings. The van der Waals surface area contributed by atoms with E-state index in [4.69, 9.17) is 18.9 Å². The van der Waals surface area contributed by atoms with Crippen LogP contribution in [0.4, 0.5) is 0 Å². The van der Waals surface area contributed by atoms with Gasteiger partial charge < -0.3 is 23.8 Å². The van der Waals surface area contributed by atoms with Crippen LogP contribution >= 0.6 is 0 Å². The molecule has 0 bridgehead atoms. The van der Waals surface area contributed by atoms with Crippen molar-refractivity contribution < 1.29 is 23.7 Å². The first-order valence-corrected chi connectivity index (χ1v) is 7.63. The summed E-state index contributed by atoms with van der Waals surface area (Å²) in [5.41, 5.74) is 0.932. The first kappa shape index (κ1) is 19.3. The van der Waals surface area contributed by atoms with Crippen LogP contribution in [0.5, 0.6) is 11.5 Å². The van der Waals surface area contributed by atoms with Crippen molar-refractivity contribution in [1.29, 1.82) is 0 Å². The average Bonchev–Trinajstić information content (AvgIpc) is 2.59. The minimum atomic E-state index is -0.528. The fourth-order valence-electron chi connectivity index (χ4n) is 2.28. The number of methoxy groups -OCH3 is 4. The van der Waals surface area contributed by atoms with Gasteiger partial charge in [0.15, 0.2) is 6.29 Å². The van der Waals surface area contributed by atoms with Crippen molar-refractivity contribution in [3.05, 3.63) is 23.8 Å². The molecule has 0 aliphatic carbocycles. The van der Waals surface area contributed by atoms with Crippen molar-refractivity contribution in [1.82, 2.24) is 4.90 Å². The third-order valence-corrected chi connectivity index (χ3v) is 3.57. The lowest BCUT2D eigenvalue weighted by atomic mass is 10.1. The predicted molar refractivity (Wildman–Crippen MR) is 87.7 cm³/mol. The maximum absolute atomic E-state index is 12.5. The monoisotopic (exact) mass is 325 g/mol. The van der Waals surface area contributed by atoms with Crippen LogP contribution in [0.2, 0.25) is 0 Å². The highest BCUT2D eigenvalue weighted by Crippen LogP contribution is 2.26. The molecule has 1 amide bonds. The number of rotatable bonds is 10. The maximum atomic E-state index is 12.5. The van der Waals surface area contributed by atoms with Crippen molar-refractivity contribution in [3.63, 3.8) is 0 Å². The molecule has 0 aromatic heterocycles. The highest BCUT2D eigenvalue weighted by atomic mass is 16.7. The normalized spacial score (nSPS) is 10.7. The summed E-state index contributed by atoms with van der Waals surface area (Å²) in [4.78, 5) is 14.3. The number of ether oxygens (including phenoxy) is 4. The summed E-state index contributed by atoms with van der Waals surface area (Å²) in [6.07, 6.45) is 0.528. The lowest BCUT2D eigenvalue weighted by Crippen LogP contribution is -2.34. The van der Waals surface area contributed by atoms with Gasteiger partial charge in [-0.1, -0.05) is 6.92 Å². The molecule has 0 aliphatic rings. The molecule has 6 heteroatoms. The summed E-state index contributed by atoms with van der Waals surface area (Å²) in [5.74, 6) is 1.41. The molecule has 6 nitrogen and oxygen atoms in total. The van der Waals surface area contributed by atoms with Crippen molar-refractivity contribution in [2.45, 2.75) is 32.6 Å². The second-order valence-corrected chi connectivity index (χ2v) is 5.10. The van der Waals surface area contributed by atoms with Gasteiger partial charge in [-0.05, 0) is 18.6 Å². The molecular weight excluding hydrogens is 298 g/mol. The molecule has 0 atom stereocenters. The lowest BCUT2D eigenvalue weighted by Gasteiger charge is -2.25. The number of amides is 1. The molecule has 0 aliphatic heterocycles. The smallest absolute Gasteiger partial charge is 0.227 e. The summed E-state index contributed by atoms with van der Waals surface area (Å²) < 4.78 is 20.8. The van der Waals surface area contributed by atoms with Crippen LogP contribution in [0.15, 0.2) is 18.2 Å². The zero-order valence-corrected chi connectivity index (χ0v) is 14.6. The molecule has 0 heterocycles. The Kier molecular flexibility index (Phi) is 8.43. The van der Waals surface area contributed by atoms with Crippen molar-refractivity contribution in [2.24, 2.45) is 0 Å². The van der Waals surface area contributed by atoms with Crippen LogP contribution in [0.25, 0.3) is 0 Å². The quantitative estimate of drug-likeness (QED) is 0.619. The third-order valence-electron chi connectivity index (χ3n) is 3.57. The van der Waals surface area contributed by atoms with E-state index in [0.717, 1.165) is 17.7 Å². The number of carbonyl (C=O) groups is 1. The topological polar surface area (TPSA) is 57.2 Å². The third kappa shape index (κ3) is 5.73. The second-order valence-electron chi connectivity index (χ2n) is 5.10. The van der Waals surface area contributed by atoms with Gasteiger partial charge in [0.1, 0.15) is 11.5 Å². The first-order chi connectivity index (χ1) is 11.1. The van der Waals surface area contributed by atoms with Gasteiger partial charge in [-0.3, -0.25) is 4.79 Å². The van der Waals surface area contributed by atoms with Gasteiger partial charge in [-0.25, -0.2) is 0 Å². The summed E-state index contributed by atoms with van der Waals surface area (Å²) in [6, 6.07) is 5.59. The van der Waals surface area contributed by atoms with Gasteiger partial charge in [0.05, 0.1) is 20.6 Å².